The van der Waals surface area contributed by atoms with Crippen LogP contribution in [0.5, 0.6) is 0 Å². The summed E-state index contributed by atoms with van der Waals surface area (Å²) in [5.74, 6) is 0.721. The maximum absolute atomic E-state index is 9.10. The molecule has 0 saturated heterocycles. The molecule has 0 aromatic carbocycles. The van der Waals surface area contributed by atoms with E-state index in [0.29, 0.717) is 6.61 Å². The van der Waals surface area contributed by atoms with Gasteiger partial charge in [0.1, 0.15) is 0 Å². The zero-order valence-corrected chi connectivity index (χ0v) is 9.96. The fourth-order valence-electron chi connectivity index (χ4n) is 1.78. The highest BCUT2D eigenvalue weighted by molar-refractivity contribution is 4.65. The first-order chi connectivity index (χ1) is 6.78. The molecule has 0 amide bonds. The molecule has 0 fully saturated rings. The Morgan fingerprint density at radius 2 is 1.93 bits per heavy atom. The SMILES string of the molecule is CCCCC(CC)CC(CO)OCC. The Morgan fingerprint density at radius 1 is 1.21 bits per heavy atom. The number of hydrogen-bond acceptors (Lipinski definition) is 2. The lowest BCUT2D eigenvalue weighted by atomic mass is 9.93. The number of ether oxygens (including phenoxy) is 1. The molecule has 0 spiro atoms. The van der Waals surface area contributed by atoms with E-state index >= 15 is 0 Å². The summed E-state index contributed by atoms with van der Waals surface area (Å²) in [5.41, 5.74) is 0. The van der Waals surface area contributed by atoms with Crippen molar-refractivity contribution < 1.29 is 9.84 Å². The van der Waals surface area contributed by atoms with Gasteiger partial charge in [0, 0.05) is 6.61 Å². The first-order valence-corrected chi connectivity index (χ1v) is 6.00. The third-order valence-corrected chi connectivity index (χ3v) is 2.75. The maximum atomic E-state index is 9.10. The van der Waals surface area contributed by atoms with E-state index in [-0.39, 0.29) is 12.7 Å². The quantitative estimate of drug-likeness (QED) is 0.623. The molecule has 0 radical (unpaired) electrons. The first-order valence-electron chi connectivity index (χ1n) is 6.00. The average molecular weight is 202 g/mol. The standard InChI is InChI=1S/C12H26O2/c1-4-7-8-11(5-2)9-12(10-13)14-6-3/h11-13H,4-10H2,1-3H3. The molecular weight excluding hydrogens is 176 g/mol. The van der Waals surface area contributed by atoms with Crippen LogP contribution in [0.2, 0.25) is 0 Å². The number of rotatable bonds is 9. The van der Waals surface area contributed by atoms with Gasteiger partial charge in [-0.15, -0.1) is 0 Å². The normalized spacial score (nSPS) is 15.4. The van der Waals surface area contributed by atoms with Crippen LogP contribution in [0.4, 0.5) is 0 Å². The Kier molecular flexibility index (Phi) is 9.42. The second kappa shape index (κ2) is 9.47. The highest BCUT2D eigenvalue weighted by Gasteiger charge is 2.14. The second-order valence-corrected chi connectivity index (χ2v) is 3.91. The summed E-state index contributed by atoms with van der Waals surface area (Å²) in [6.07, 6.45) is 6.10. The van der Waals surface area contributed by atoms with Crippen molar-refractivity contribution in [1.29, 1.82) is 0 Å². The Bertz CT molecular complexity index is 115. The van der Waals surface area contributed by atoms with Crippen LogP contribution >= 0.6 is 0 Å². The van der Waals surface area contributed by atoms with Crippen LogP contribution in [0, 0.1) is 5.92 Å². The van der Waals surface area contributed by atoms with Gasteiger partial charge in [0.2, 0.25) is 0 Å². The molecule has 2 atom stereocenters. The molecule has 0 heterocycles. The van der Waals surface area contributed by atoms with Gasteiger partial charge in [0.05, 0.1) is 12.7 Å². The van der Waals surface area contributed by atoms with Gasteiger partial charge in [0.25, 0.3) is 0 Å². The molecule has 0 aliphatic heterocycles. The van der Waals surface area contributed by atoms with E-state index < -0.39 is 0 Å². The van der Waals surface area contributed by atoms with E-state index in [4.69, 9.17) is 9.84 Å². The van der Waals surface area contributed by atoms with Gasteiger partial charge in [-0.25, -0.2) is 0 Å². The summed E-state index contributed by atoms with van der Waals surface area (Å²) in [7, 11) is 0. The van der Waals surface area contributed by atoms with Gasteiger partial charge in [-0.2, -0.15) is 0 Å². The topological polar surface area (TPSA) is 29.5 Å². The Balaban J connectivity index is 3.75. The average Bonchev–Trinajstić information content (AvgIpc) is 2.22. The molecule has 0 aliphatic rings. The van der Waals surface area contributed by atoms with Gasteiger partial charge >= 0.3 is 0 Å². The fraction of sp³-hybridized carbons (Fsp3) is 1.00. The van der Waals surface area contributed by atoms with Crippen molar-refractivity contribution in [3.63, 3.8) is 0 Å². The zero-order chi connectivity index (χ0) is 10.8. The minimum atomic E-state index is 0.0572. The summed E-state index contributed by atoms with van der Waals surface area (Å²) in [6.45, 7) is 7.29. The molecule has 2 nitrogen and oxygen atoms in total. The highest BCUT2D eigenvalue weighted by atomic mass is 16.5. The van der Waals surface area contributed by atoms with E-state index in [1.165, 1.54) is 25.7 Å². The second-order valence-electron chi connectivity index (χ2n) is 3.91. The van der Waals surface area contributed by atoms with Crippen LogP contribution in [-0.4, -0.2) is 24.4 Å². The zero-order valence-electron chi connectivity index (χ0n) is 9.96. The Morgan fingerprint density at radius 3 is 2.36 bits per heavy atom. The van der Waals surface area contributed by atoms with Crippen LogP contribution in [0.1, 0.15) is 52.9 Å². The number of unbranched alkanes of at least 4 members (excludes halogenated alkanes) is 1. The third-order valence-electron chi connectivity index (χ3n) is 2.75. The molecule has 0 aromatic rings. The lowest BCUT2D eigenvalue weighted by Crippen LogP contribution is -2.21. The van der Waals surface area contributed by atoms with E-state index in [9.17, 15) is 0 Å². The van der Waals surface area contributed by atoms with Crippen molar-refractivity contribution in [2.24, 2.45) is 5.92 Å². The first kappa shape index (κ1) is 13.9. The van der Waals surface area contributed by atoms with Crippen molar-refractivity contribution in [1.82, 2.24) is 0 Å². The van der Waals surface area contributed by atoms with Gasteiger partial charge < -0.3 is 9.84 Å². The predicted octanol–water partition coefficient (Wildman–Crippen LogP) is 2.99. The van der Waals surface area contributed by atoms with Crippen molar-refractivity contribution >= 4 is 0 Å². The molecule has 0 rings (SSSR count). The predicted molar refractivity (Wildman–Crippen MR) is 60.4 cm³/mol. The number of aliphatic hydroxyl groups excluding tert-OH is 1. The van der Waals surface area contributed by atoms with Crippen LogP contribution < -0.4 is 0 Å². The fourth-order valence-corrected chi connectivity index (χ4v) is 1.78. The van der Waals surface area contributed by atoms with Crippen LogP contribution in [-0.2, 0) is 4.74 Å². The largest absolute Gasteiger partial charge is 0.394 e. The maximum Gasteiger partial charge on any atom is 0.0808 e. The van der Waals surface area contributed by atoms with Crippen LogP contribution in [0.25, 0.3) is 0 Å². The van der Waals surface area contributed by atoms with Gasteiger partial charge in [-0.05, 0) is 19.3 Å². The molecule has 2 unspecified atom stereocenters. The summed E-state index contributed by atoms with van der Waals surface area (Å²) in [5, 5.41) is 9.10. The summed E-state index contributed by atoms with van der Waals surface area (Å²) in [4.78, 5) is 0. The van der Waals surface area contributed by atoms with Crippen molar-refractivity contribution in [3.8, 4) is 0 Å². The van der Waals surface area contributed by atoms with Gasteiger partial charge in [-0.1, -0.05) is 39.5 Å². The lowest BCUT2D eigenvalue weighted by molar-refractivity contribution is 0.00384. The summed E-state index contributed by atoms with van der Waals surface area (Å²) in [6, 6.07) is 0. The van der Waals surface area contributed by atoms with Gasteiger partial charge in [0.15, 0.2) is 0 Å². The third kappa shape index (κ3) is 6.39. The van der Waals surface area contributed by atoms with Crippen LogP contribution in [0.15, 0.2) is 0 Å². The highest BCUT2D eigenvalue weighted by Crippen LogP contribution is 2.19. The van der Waals surface area contributed by atoms with Crippen LogP contribution in [0.3, 0.4) is 0 Å². The van der Waals surface area contributed by atoms with Gasteiger partial charge in [-0.3, -0.25) is 0 Å². The smallest absolute Gasteiger partial charge is 0.0808 e. The number of aliphatic hydroxyl groups is 1. The molecule has 2 heteroatoms. The lowest BCUT2D eigenvalue weighted by Gasteiger charge is -2.20. The minimum Gasteiger partial charge on any atom is -0.394 e. The Labute approximate surface area is 88.7 Å². The van der Waals surface area contributed by atoms with E-state index in [1.807, 2.05) is 6.92 Å². The molecule has 0 aliphatic carbocycles. The molecule has 0 saturated carbocycles. The summed E-state index contributed by atoms with van der Waals surface area (Å²) < 4.78 is 5.45. The molecule has 0 bridgehead atoms. The van der Waals surface area contributed by atoms with E-state index in [1.54, 1.807) is 0 Å². The van der Waals surface area contributed by atoms with Crippen molar-refractivity contribution in [3.05, 3.63) is 0 Å². The number of hydrogen-bond donors (Lipinski definition) is 1. The molecule has 0 aromatic heterocycles. The van der Waals surface area contributed by atoms with Crippen molar-refractivity contribution in [2.45, 2.75) is 59.0 Å². The Hall–Kier alpha value is -0.0800. The molecular formula is C12H26O2. The van der Waals surface area contributed by atoms with E-state index in [0.717, 1.165) is 12.3 Å². The molecule has 14 heavy (non-hydrogen) atoms. The monoisotopic (exact) mass is 202 g/mol. The molecule has 86 valence electrons. The van der Waals surface area contributed by atoms with E-state index in [2.05, 4.69) is 13.8 Å². The minimum absolute atomic E-state index is 0.0572. The molecule has 1 N–H and O–H groups in total. The summed E-state index contributed by atoms with van der Waals surface area (Å²) >= 11 is 0. The van der Waals surface area contributed by atoms with Crippen molar-refractivity contribution in [2.75, 3.05) is 13.2 Å².